The van der Waals surface area contributed by atoms with Crippen LogP contribution >= 0.6 is 0 Å². The third-order valence-electron chi connectivity index (χ3n) is 1.54. The highest BCUT2D eigenvalue weighted by Gasteiger charge is 2.29. The molecule has 0 saturated carbocycles. The SMILES string of the molecule is COC(O)C(C)(C)COS(C)(=O)=O. The fourth-order valence-corrected chi connectivity index (χ4v) is 1.17. The first-order chi connectivity index (χ1) is 5.69. The maximum Gasteiger partial charge on any atom is 0.264 e. The summed E-state index contributed by atoms with van der Waals surface area (Å²) in [6, 6.07) is 0. The van der Waals surface area contributed by atoms with Crippen LogP contribution in [-0.4, -0.2) is 39.8 Å². The van der Waals surface area contributed by atoms with Crippen LogP contribution in [0.5, 0.6) is 0 Å². The van der Waals surface area contributed by atoms with Crippen LogP contribution in [0.4, 0.5) is 0 Å². The van der Waals surface area contributed by atoms with E-state index in [-0.39, 0.29) is 6.61 Å². The Morgan fingerprint density at radius 2 is 1.92 bits per heavy atom. The molecule has 0 bridgehead atoms. The minimum absolute atomic E-state index is 0.110. The lowest BCUT2D eigenvalue weighted by molar-refractivity contribution is -0.155. The second-order valence-electron chi connectivity index (χ2n) is 3.54. The van der Waals surface area contributed by atoms with Gasteiger partial charge in [-0.2, -0.15) is 8.42 Å². The molecule has 0 aliphatic heterocycles. The van der Waals surface area contributed by atoms with Crippen molar-refractivity contribution in [2.45, 2.75) is 20.1 Å². The summed E-state index contributed by atoms with van der Waals surface area (Å²) < 4.78 is 30.5. The predicted molar refractivity (Wildman–Crippen MR) is 47.6 cm³/mol. The van der Waals surface area contributed by atoms with E-state index >= 15 is 0 Å². The third kappa shape index (κ3) is 5.20. The molecule has 0 aliphatic carbocycles. The van der Waals surface area contributed by atoms with E-state index in [9.17, 15) is 13.5 Å². The van der Waals surface area contributed by atoms with Crippen molar-refractivity contribution in [1.29, 1.82) is 0 Å². The molecule has 0 amide bonds. The smallest absolute Gasteiger partial charge is 0.264 e. The highest BCUT2D eigenvalue weighted by molar-refractivity contribution is 7.85. The number of aliphatic hydroxyl groups is 1. The van der Waals surface area contributed by atoms with Crippen LogP contribution in [0.15, 0.2) is 0 Å². The Bertz CT molecular complexity index is 244. The first kappa shape index (κ1) is 12.8. The van der Waals surface area contributed by atoms with E-state index in [1.54, 1.807) is 13.8 Å². The van der Waals surface area contributed by atoms with Crippen LogP contribution in [0.3, 0.4) is 0 Å². The number of aliphatic hydroxyl groups excluding tert-OH is 1. The predicted octanol–water partition coefficient (Wildman–Crippen LogP) is -0.0464. The fourth-order valence-electron chi connectivity index (χ4n) is 0.649. The third-order valence-corrected chi connectivity index (χ3v) is 2.08. The van der Waals surface area contributed by atoms with Gasteiger partial charge in [0.25, 0.3) is 10.1 Å². The molecule has 0 aromatic carbocycles. The molecule has 6 heteroatoms. The lowest BCUT2D eigenvalue weighted by Gasteiger charge is -2.27. The summed E-state index contributed by atoms with van der Waals surface area (Å²) in [5, 5.41) is 9.29. The normalized spacial score (nSPS) is 15.8. The lowest BCUT2D eigenvalue weighted by atomic mass is 9.94. The molecule has 13 heavy (non-hydrogen) atoms. The summed E-state index contributed by atoms with van der Waals surface area (Å²) in [6.45, 7) is 3.18. The number of ether oxygens (including phenoxy) is 1. The zero-order valence-electron chi connectivity index (χ0n) is 8.27. The quantitative estimate of drug-likeness (QED) is 0.511. The molecule has 0 spiro atoms. The second kappa shape index (κ2) is 4.36. The summed E-state index contributed by atoms with van der Waals surface area (Å²) in [4.78, 5) is 0. The van der Waals surface area contributed by atoms with E-state index in [0.717, 1.165) is 6.26 Å². The van der Waals surface area contributed by atoms with Gasteiger partial charge in [-0.3, -0.25) is 4.18 Å². The van der Waals surface area contributed by atoms with E-state index < -0.39 is 21.8 Å². The molecule has 0 rings (SSSR count). The molecule has 0 aliphatic rings. The van der Waals surface area contributed by atoms with Gasteiger partial charge in [-0.1, -0.05) is 13.8 Å². The number of hydrogen-bond acceptors (Lipinski definition) is 5. The molecule has 80 valence electrons. The van der Waals surface area contributed by atoms with Crippen LogP contribution in [0, 0.1) is 5.41 Å². The van der Waals surface area contributed by atoms with Crippen molar-refractivity contribution in [3.8, 4) is 0 Å². The molecular formula is C7H16O5S. The average molecular weight is 212 g/mol. The Balaban J connectivity index is 4.19. The van der Waals surface area contributed by atoms with Crippen LogP contribution in [0.25, 0.3) is 0 Å². The zero-order chi connectivity index (χ0) is 10.7. The molecule has 0 aromatic rings. The first-order valence-corrected chi connectivity index (χ1v) is 5.56. The van der Waals surface area contributed by atoms with Crippen molar-refractivity contribution in [3.05, 3.63) is 0 Å². The van der Waals surface area contributed by atoms with E-state index in [0.29, 0.717) is 0 Å². The van der Waals surface area contributed by atoms with Gasteiger partial charge in [-0.05, 0) is 0 Å². The maximum atomic E-state index is 10.6. The van der Waals surface area contributed by atoms with Gasteiger partial charge in [0.15, 0.2) is 6.29 Å². The van der Waals surface area contributed by atoms with Crippen molar-refractivity contribution in [2.75, 3.05) is 20.0 Å². The van der Waals surface area contributed by atoms with Gasteiger partial charge in [0, 0.05) is 12.5 Å². The highest BCUT2D eigenvalue weighted by Crippen LogP contribution is 2.21. The summed E-state index contributed by atoms with van der Waals surface area (Å²) in [6.07, 6.45) is -0.0864. The maximum absolute atomic E-state index is 10.6. The summed E-state index contributed by atoms with van der Waals surface area (Å²) in [7, 11) is -2.13. The molecule has 0 radical (unpaired) electrons. The molecule has 0 heterocycles. The number of methoxy groups -OCH3 is 1. The molecular weight excluding hydrogens is 196 g/mol. The van der Waals surface area contributed by atoms with Crippen LogP contribution in [-0.2, 0) is 19.0 Å². The van der Waals surface area contributed by atoms with Gasteiger partial charge in [0.2, 0.25) is 0 Å². The average Bonchev–Trinajstić information content (AvgIpc) is 1.98. The molecule has 1 unspecified atom stereocenters. The second-order valence-corrected chi connectivity index (χ2v) is 5.19. The molecule has 0 fully saturated rings. The van der Waals surface area contributed by atoms with Crippen molar-refractivity contribution in [1.82, 2.24) is 0 Å². The Labute approximate surface area is 78.8 Å². The monoisotopic (exact) mass is 212 g/mol. The van der Waals surface area contributed by atoms with Crippen molar-refractivity contribution >= 4 is 10.1 Å². The zero-order valence-corrected chi connectivity index (χ0v) is 9.09. The van der Waals surface area contributed by atoms with Gasteiger partial charge < -0.3 is 9.84 Å². The van der Waals surface area contributed by atoms with Crippen molar-refractivity contribution in [2.24, 2.45) is 5.41 Å². The standard InChI is InChI=1S/C7H16O5S/c1-7(2,6(8)11-3)5-12-13(4,9)10/h6,8H,5H2,1-4H3. The van der Waals surface area contributed by atoms with Crippen molar-refractivity contribution in [3.63, 3.8) is 0 Å². The number of hydrogen-bond donors (Lipinski definition) is 1. The van der Waals surface area contributed by atoms with E-state index in [4.69, 9.17) is 0 Å². The van der Waals surface area contributed by atoms with Crippen LogP contribution < -0.4 is 0 Å². The van der Waals surface area contributed by atoms with Gasteiger partial charge in [-0.25, -0.2) is 0 Å². The Kier molecular flexibility index (Phi) is 4.31. The van der Waals surface area contributed by atoms with Gasteiger partial charge in [0.05, 0.1) is 12.9 Å². The van der Waals surface area contributed by atoms with Crippen LogP contribution in [0.2, 0.25) is 0 Å². The molecule has 0 aromatic heterocycles. The Morgan fingerprint density at radius 1 is 1.46 bits per heavy atom. The van der Waals surface area contributed by atoms with E-state index in [1.165, 1.54) is 7.11 Å². The van der Waals surface area contributed by atoms with Gasteiger partial charge in [-0.15, -0.1) is 0 Å². The fraction of sp³-hybridized carbons (Fsp3) is 1.00. The molecule has 1 atom stereocenters. The molecule has 5 nitrogen and oxygen atoms in total. The van der Waals surface area contributed by atoms with Gasteiger partial charge >= 0.3 is 0 Å². The first-order valence-electron chi connectivity index (χ1n) is 3.74. The van der Waals surface area contributed by atoms with Gasteiger partial charge in [0.1, 0.15) is 0 Å². The summed E-state index contributed by atoms with van der Waals surface area (Å²) >= 11 is 0. The highest BCUT2D eigenvalue weighted by atomic mass is 32.2. The largest absolute Gasteiger partial charge is 0.367 e. The lowest BCUT2D eigenvalue weighted by Crippen LogP contribution is -2.35. The molecule has 1 N–H and O–H groups in total. The minimum atomic E-state index is -3.47. The Hall–Kier alpha value is -0.170. The topological polar surface area (TPSA) is 72.8 Å². The van der Waals surface area contributed by atoms with E-state index in [2.05, 4.69) is 8.92 Å². The van der Waals surface area contributed by atoms with Crippen molar-refractivity contribution < 1.29 is 22.4 Å². The minimum Gasteiger partial charge on any atom is -0.367 e. The van der Waals surface area contributed by atoms with E-state index in [1.807, 2.05) is 0 Å². The summed E-state index contributed by atoms with van der Waals surface area (Å²) in [5.41, 5.74) is -0.752. The molecule has 0 saturated heterocycles. The number of rotatable bonds is 5. The summed E-state index contributed by atoms with van der Waals surface area (Å²) in [5.74, 6) is 0. The van der Waals surface area contributed by atoms with Crippen LogP contribution in [0.1, 0.15) is 13.8 Å². The Morgan fingerprint density at radius 3 is 2.23 bits per heavy atom.